The van der Waals surface area contributed by atoms with Crippen molar-refractivity contribution >= 4 is 21.6 Å². The van der Waals surface area contributed by atoms with Crippen LogP contribution < -0.4 is 0 Å². The third-order valence-electron chi connectivity index (χ3n) is 5.03. The Balaban J connectivity index is 1.90. The first-order valence-electron chi connectivity index (χ1n) is 9.51. The molecular formula is C20H28ClN3O3S. The van der Waals surface area contributed by atoms with Crippen LogP contribution in [0.5, 0.6) is 0 Å². The van der Waals surface area contributed by atoms with Crippen LogP contribution in [0.3, 0.4) is 0 Å². The monoisotopic (exact) mass is 425 g/mol. The maximum Gasteiger partial charge on any atom is 0.214 e. The predicted molar refractivity (Wildman–Crippen MR) is 111 cm³/mol. The van der Waals surface area contributed by atoms with E-state index < -0.39 is 10.0 Å². The van der Waals surface area contributed by atoms with Gasteiger partial charge in [-0.3, -0.25) is 0 Å². The number of fused-ring (bicyclic) bond motifs is 1. The smallest absolute Gasteiger partial charge is 0.214 e. The number of aromatic nitrogens is 2. The zero-order chi connectivity index (χ0) is 20.4. The van der Waals surface area contributed by atoms with Crippen LogP contribution in [0.1, 0.15) is 37.9 Å². The molecule has 0 radical (unpaired) electrons. The number of ether oxygens (including phenoxy) is 1. The third-order valence-corrected chi connectivity index (χ3v) is 7.20. The van der Waals surface area contributed by atoms with Crippen LogP contribution >= 0.6 is 11.6 Å². The summed E-state index contributed by atoms with van der Waals surface area (Å²) in [6, 6.07) is 7.57. The lowest BCUT2D eigenvalue weighted by atomic mass is 9.88. The van der Waals surface area contributed by atoms with Crippen LogP contribution in [0.4, 0.5) is 0 Å². The lowest BCUT2D eigenvalue weighted by Crippen LogP contribution is -2.38. The number of hydrogen-bond acceptors (Lipinski definition) is 4. The van der Waals surface area contributed by atoms with Crippen molar-refractivity contribution in [3.8, 4) is 5.69 Å². The van der Waals surface area contributed by atoms with E-state index in [0.717, 1.165) is 29.8 Å². The van der Waals surface area contributed by atoms with Crippen LogP contribution in [0, 0.1) is 5.41 Å². The van der Waals surface area contributed by atoms with Crippen LogP contribution in [0.15, 0.2) is 30.5 Å². The molecular weight excluding hydrogens is 398 g/mol. The minimum absolute atomic E-state index is 0.139. The number of hydrogen-bond donors (Lipinski definition) is 0. The van der Waals surface area contributed by atoms with Gasteiger partial charge in [0.2, 0.25) is 10.0 Å². The van der Waals surface area contributed by atoms with Gasteiger partial charge >= 0.3 is 0 Å². The second-order valence-corrected chi connectivity index (χ2v) is 10.6. The van der Waals surface area contributed by atoms with Crippen molar-refractivity contribution in [3.05, 3.63) is 46.7 Å². The van der Waals surface area contributed by atoms with Gasteiger partial charge in [0.15, 0.2) is 0 Å². The molecule has 0 saturated heterocycles. The molecule has 0 N–H and O–H groups in total. The SMILES string of the molecule is COCCCCS(=O)(=O)N1Cc2cnn(-c3ccccc3Cl)c2CC(C)(C)C1. The Morgan fingerprint density at radius 1 is 1.25 bits per heavy atom. The molecule has 0 atom stereocenters. The quantitative estimate of drug-likeness (QED) is 0.635. The molecule has 0 amide bonds. The zero-order valence-corrected chi connectivity index (χ0v) is 18.3. The molecule has 0 spiro atoms. The number of benzene rings is 1. The molecule has 0 unspecified atom stereocenters. The summed E-state index contributed by atoms with van der Waals surface area (Å²) in [6.07, 6.45) is 3.83. The van der Waals surface area contributed by atoms with Crippen LogP contribution in [0.25, 0.3) is 5.69 Å². The molecule has 0 aliphatic carbocycles. The maximum absolute atomic E-state index is 13.0. The number of halogens is 1. The average Bonchev–Trinajstić information content (AvgIpc) is 2.93. The van der Waals surface area contributed by atoms with E-state index in [0.29, 0.717) is 31.1 Å². The molecule has 28 heavy (non-hydrogen) atoms. The highest BCUT2D eigenvalue weighted by Crippen LogP contribution is 2.34. The highest BCUT2D eigenvalue weighted by Gasteiger charge is 2.35. The van der Waals surface area contributed by atoms with Gasteiger partial charge in [0.1, 0.15) is 0 Å². The van der Waals surface area contributed by atoms with Crippen molar-refractivity contribution < 1.29 is 13.2 Å². The number of rotatable bonds is 7. The van der Waals surface area contributed by atoms with Gasteiger partial charge in [-0.15, -0.1) is 0 Å². The Labute approximate surface area is 172 Å². The number of nitrogens with zero attached hydrogens (tertiary/aromatic N) is 3. The molecule has 3 rings (SSSR count). The van der Waals surface area contributed by atoms with Crippen molar-refractivity contribution in [2.24, 2.45) is 5.41 Å². The van der Waals surface area contributed by atoms with E-state index in [2.05, 4.69) is 18.9 Å². The molecule has 1 aliphatic rings. The summed E-state index contributed by atoms with van der Waals surface area (Å²) in [5.74, 6) is 0.139. The summed E-state index contributed by atoms with van der Waals surface area (Å²) in [5.41, 5.74) is 2.56. The fourth-order valence-corrected chi connectivity index (χ4v) is 5.57. The molecule has 2 heterocycles. The van der Waals surface area contributed by atoms with E-state index >= 15 is 0 Å². The normalized spacial score (nSPS) is 17.3. The molecule has 2 aromatic rings. The van der Waals surface area contributed by atoms with Gasteiger partial charge in [-0.1, -0.05) is 37.6 Å². The van der Waals surface area contributed by atoms with Crippen molar-refractivity contribution in [3.63, 3.8) is 0 Å². The van der Waals surface area contributed by atoms with E-state index in [-0.39, 0.29) is 11.2 Å². The van der Waals surface area contributed by atoms with E-state index in [1.807, 2.05) is 28.9 Å². The Morgan fingerprint density at radius 2 is 2.00 bits per heavy atom. The first-order valence-corrected chi connectivity index (χ1v) is 11.5. The standard InChI is InChI=1S/C20H28ClN3O3S/c1-20(2)12-19-16(13-22-24(19)18-9-5-4-8-17(18)21)14-23(15-20)28(25,26)11-7-6-10-27-3/h4-5,8-9,13H,6-7,10-12,14-15H2,1-3H3. The van der Waals surface area contributed by atoms with Gasteiger partial charge in [-0.2, -0.15) is 9.40 Å². The summed E-state index contributed by atoms with van der Waals surface area (Å²) in [5, 5.41) is 5.16. The highest BCUT2D eigenvalue weighted by atomic mass is 35.5. The van der Waals surface area contributed by atoms with Gasteiger partial charge in [0, 0.05) is 38.1 Å². The molecule has 6 nitrogen and oxygen atoms in total. The van der Waals surface area contributed by atoms with E-state index in [4.69, 9.17) is 16.3 Å². The lowest BCUT2D eigenvalue weighted by Gasteiger charge is -2.29. The van der Waals surface area contributed by atoms with Crippen LogP contribution in [-0.4, -0.2) is 48.5 Å². The first kappa shape index (κ1) is 21.3. The Hall–Kier alpha value is -1.41. The Bertz CT molecular complexity index is 925. The largest absolute Gasteiger partial charge is 0.385 e. The summed E-state index contributed by atoms with van der Waals surface area (Å²) in [7, 11) is -1.72. The van der Waals surface area contributed by atoms with Crippen molar-refractivity contribution in [1.29, 1.82) is 0 Å². The summed E-state index contributed by atoms with van der Waals surface area (Å²) in [6.45, 7) is 5.60. The van der Waals surface area contributed by atoms with E-state index in [9.17, 15) is 8.42 Å². The number of methoxy groups -OCH3 is 1. The van der Waals surface area contributed by atoms with Gasteiger partial charge in [-0.05, 0) is 36.8 Å². The molecule has 0 saturated carbocycles. The van der Waals surface area contributed by atoms with E-state index in [1.165, 1.54) is 0 Å². The second kappa shape index (κ2) is 8.53. The predicted octanol–water partition coefficient (Wildman–Crippen LogP) is 3.67. The number of unbranched alkanes of at least 4 members (excludes halogenated alkanes) is 1. The second-order valence-electron chi connectivity index (χ2n) is 8.10. The minimum Gasteiger partial charge on any atom is -0.385 e. The highest BCUT2D eigenvalue weighted by molar-refractivity contribution is 7.89. The molecule has 1 aromatic heterocycles. The number of sulfonamides is 1. The third kappa shape index (κ3) is 4.76. The van der Waals surface area contributed by atoms with Crippen molar-refractivity contribution in [2.75, 3.05) is 26.0 Å². The van der Waals surface area contributed by atoms with E-state index in [1.54, 1.807) is 17.6 Å². The molecule has 154 valence electrons. The molecule has 8 heteroatoms. The summed E-state index contributed by atoms with van der Waals surface area (Å²) in [4.78, 5) is 0. The van der Waals surface area contributed by atoms with Gasteiger partial charge in [0.25, 0.3) is 0 Å². The average molecular weight is 426 g/mol. The fourth-order valence-electron chi connectivity index (χ4n) is 3.65. The fraction of sp³-hybridized carbons (Fsp3) is 0.550. The Kier molecular flexibility index (Phi) is 6.49. The van der Waals surface area contributed by atoms with Gasteiger partial charge in [0.05, 0.1) is 22.7 Å². The molecule has 0 bridgehead atoms. The zero-order valence-electron chi connectivity index (χ0n) is 16.7. The summed E-state index contributed by atoms with van der Waals surface area (Å²) < 4.78 is 34.4. The molecule has 0 fully saturated rings. The molecule has 1 aromatic carbocycles. The maximum atomic E-state index is 13.0. The Morgan fingerprint density at radius 3 is 2.71 bits per heavy atom. The van der Waals surface area contributed by atoms with Crippen LogP contribution in [0.2, 0.25) is 5.02 Å². The van der Waals surface area contributed by atoms with Crippen molar-refractivity contribution in [2.45, 2.75) is 39.7 Å². The molecule has 1 aliphatic heterocycles. The van der Waals surface area contributed by atoms with Gasteiger partial charge in [-0.25, -0.2) is 13.1 Å². The topological polar surface area (TPSA) is 64.4 Å². The summed E-state index contributed by atoms with van der Waals surface area (Å²) >= 11 is 6.38. The van der Waals surface area contributed by atoms with Gasteiger partial charge < -0.3 is 4.74 Å². The number of para-hydroxylation sites is 1. The van der Waals surface area contributed by atoms with Crippen molar-refractivity contribution in [1.82, 2.24) is 14.1 Å². The minimum atomic E-state index is -3.35. The lowest BCUT2D eigenvalue weighted by molar-refractivity contribution is 0.194. The van der Waals surface area contributed by atoms with Crippen LogP contribution in [-0.2, 0) is 27.7 Å². The first-order chi connectivity index (χ1) is 13.2.